The molecule has 0 N–H and O–H groups in total. The van der Waals surface area contributed by atoms with Crippen LogP contribution in [0.3, 0.4) is 0 Å². The average Bonchev–Trinajstić information content (AvgIpc) is 3.86. The molecule has 2 radical (unpaired) electrons. The van der Waals surface area contributed by atoms with E-state index in [1.807, 2.05) is 23.1 Å². The van der Waals surface area contributed by atoms with Crippen LogP contribution in [0.4, 0.5) is 5.69 Å². The quantitative estimate of drug-likeness (QED) is 0.170. The van der Waals surface area contributed by atoms with E-state index in [2.05, 4.69) is 151 Å². The van der Waals surface area contributed by atoms with Gasteiger partial charge in [0.2, 0.25) is 0 Å². The first-order valence-corrected chi connectivity index (χ1v) is 20.4. The average molecular weight is 692 g/mol. The number of hydrogen-bond donors (Lipinski definition) is 0. The van der Waals surface area contributed by atoms with Crippen molar-refractivity contribution in [1.82, 2.24) is 0 Å². The van der Waals surface area contributed by atoms with Crippen molar-refractivity contribution in [2.75, 3.05) is 4.90 Å². The molecule has 0 bridgehead atoms. The second-order valence-corrected chi connectivity index (χ2v) is 17.6. The fourth-order valence-electron chi connectivity index (χ4n) is 8.81. The molecule has 1 aromatic heterocycles. The van der Waals surface area contributed by atoms with Gasteiger partial charge >= 0.3 is 0 Å². The summed E-state index contributed by atoms with van der Waals surface area (Å²) in [6.07, 6.45) is 17.9. The predicted octanol–water partition coefficient (Wildman–Crippen LogP) is 9.54. The van der Waals surface area contributed by atoms with Gasteiger partial charge in [-0.2, -0.15) is 0 Å². The summed E-state index contributed by atoms with van der Waals surface area (Å²) >= 11 is 4.01. The highest BCUT2D eigenvalue weighted by Gasteiger charge is 2.36. The predicted molar refractivity (Wildman–Crippen MR) is 217 cm³/mol. The van der Waals surface area contributed by atoms with Gasteiger partial charge in [0.15, 0.2) is 0 Å². The van der Waals surface area contributed by atoms with Crippen molar-refractivity contribution in [2.45, 2.75) is 41.4 Å². The monoisotopic (exact) mass is 691 g/mol. The summed E-state index contributed by atoms with van der Waals surface area (Å²) in [5, 5.41) is 9.07. The van der Waals surface area contributed by atoms with E-state index in [0.29, 0.717) is 11.2 Å². The third kappa shape index (κ3) is 4.52. The standard InChI is InChI=1S/C46H33NS2Si/c1-2-9-30-26-31(17-16-28(30)8-1)29-18-20-32(21-19-29)47(38-12-7-15-41-44(38)36-11-4-6-14-40(36)48-41)33-22-23-37-43(27-33)50-42-25-24-35-34-10-3-5-13-39(34)49-46(35)45(37)42/h1-14,16,18-26,31,33,41H,15,17,27H2. The van der Waals surface area contributed by atoms with Crippen LogP contribution in [-0.4, -0.2) is 20.8 Å². The minimum atomic E-state index is 0.240. The fourth-order valence-corrected chi connectivity index (χ4v) is 13.0. The lowest BCUT2D eigenvalue weighted by Gasteiger charge is -2.38. The second-order valence-electron chi connectivity index (χ2n) is 14.0. The van der Waals surface area contributed by atoms with Gasteiger partial charge in [-0.05, 0) is 93.1 Å². The smallest absolute Gasteiger partial charge is 0.117 e. The molecule has 3 unspecified atom stereocenters. The molecule has 0 saturated heterocycles. The molecule has 3 heterocycles. The highest BCUT2D eigenvalue weighted by molar-refractivity contribution is 8.00. The van der Waals surface area contributed by atoms with Gasteiger partial charge in [-0.1, -0.05) is 121 Å². The van der Waals surface area contributed by atoms with E-state index >= 15 is 0 Å². The summed E-state index contributed by atoms with van der Waals surface area (Å²) in [5.74, 6) is 0.401. The van der Waals surface area contributed by atoms with E-state index in [9.17, 15) is 0 Å². The van der Waals surface area contributed by atoms with Crippen LogP contribution < -0.4 is 20.5 Å². The molecular formula is C46H33NS2Si. The number of thioether (sulfide) groups is 1. The number of allylic oxidation sites excluding steroid dienone is 4. The summed E-state index contributed by atoms with van der Waals surface area (Å²) in [5.41, 5.74) is 9.91. The Kier molecular flexibility index (Phi) is 6.68. The molecule has 0 spiro atoms. The van der Waals surface area contributed by atoms with Crippen LogP contribution >= 0.6 is 23.1 Å². The molecule has 2 aliphatic heterocycles. The number of rotatable bonds is 4. The lowest BCUT2D eigenvalue weighted by molar-refractivity contribution is 0.753. The summed E-state index contributed by atoms with van der Waals surface area (Å²) in [6, 6.07) is 41.3. The van der Waals surface area contributed by atoms with Gasteiger partial charge in [-0.15, -0.1) is 23.1 Å². The number of thiophene rings is 1. The van der Waals surface area contributed by atoms with E-state index < -0.39 is 0 Å². The van der Waals surface area contributed by atoms with Gasteiger partial charge < -0.3 is 4.90 Å². The first-order chi connectivity index (χ1) is 24.8. The largest absolute Gasteiger partial charge is 0.334 e. The zero-order valence-electron chi connectivity index (χ0n) is 27.5. The molecule has 11 rings (SSSR count). The Morgan fingerprint density at radius 1 is 0.740 bits per heavy atom. The summed E-state index contributed by atoms with van der Waals surface area (Å²) in [6.45, 7) is 0. The molecule has 0 amide bonds. The highest BCUT2D eigenvalue weighted by Crippen LogP contribution is 2.51. The van der Waals surface area contributed by atoms with Gasteiger partial charge in [0, 0.05) is 47.6 Å². The molecule has 4 heteroatoms. The minimum absolute atomic E-state index is 0.240. The third-order valence-electron chi connectivity index (χ3n) is 11.2. The third-order valence-corrected chi connectivity index (χ3v) is 15.1. The Balaban J connectivity index is 1.01. The van der Waals surface area contributed by atoms with Crippen LogP contribution in [0.5, 0.6) is 0 Å². The maximum atomic E-state index is 2.68. The zero-order chi connectivity index (χ0) is 32.8. The topological polar surface area (TPSA) is 3.24 Å². The first-order valence-electron chi connectivity index (χ1n) is 17.7. The number of anilines is 1. The van der Waals surface area contributed by atoms with Gasteiger partial charge in [0.1, 0.15) is 9.52 Å². The highest BCUT2D eigenvalue weighted by atomic mass is 32.2. The number of fused-ring (bicyclic) bond motifs is 10. The van der Waals surface area contributed by atoms with E-state index in [0.717, 1.165) is 28.8 Å². The number of hydrogen-bond acceptors (Lipinski definition) is 3. The van der Waals surface area contributed by atoms with Crippen molar-refractivity contribution in [3.8, 4) is 0 Å². The number of nitrogens with zero attached hydrogens (tertiary/aromatic N) is 1. The normalized spacial score (nSPS) is 21.4. The zero-order valence-corrected chi connectivity index (χ0v) is 30.1. The maximum absolute atomic E-state index is 2.68. The molecular weight excluding hydrogens is 659 g/mol. The number of benzene rings is 5. The summed E-state index contributed by atoms with van der Waals surface area (Å²) < 4.78 is 2.84. The van der Waals surface area contributed by atoms with Gasteiger partial charge in [0.25, 0.3) is 0 Å². The SMILES string of the molecule is C1=CC(N(c2ccc(C3C=c4ccccc4=CC3)cc2)C2C=CC3=C(C2)[Si]c2ccc4c(sc5ccccc54)c23)=C2c3ccccc3SC2C1. The minimum Gasteiger partial charge on any atom is -0.334 e. The molecule has 0 saturated carbocycles. The fraction of sp³-hybridized carbons (Fsp3) is 0.130. The second kappa shape index (κ2) is 11.5. The van der Waals surface area contributed by atoms with E-state index in [4.69, 9.17) is 0 Å². The molecule has 5 aromatic carbocycles. The van der Waals surface area contributed by atoms with Gasteiger partial charge in [-0.3, -0.25) is 0 Å². The van der Waals surface area contributed by atoms with Crippen molar-refractivity contribution in [3.05, 3.63) is 172 Å². The van der Waals surface area contributed by atoms with Crippen molar-refractivity contribution in [1.29, 1.82) is 0 Å². The molecule has 6 aromatic rings. The van der Waals surface area contributed by atoms with Crippen LogP contribution in [0.15, 0.2) is 149 Å². The van der Waals surface area contributed by atoms with Crippen LogP contribution in [0, 0.1) is 0 Å². The van der Waals surface area contributed by atoms with Crippen LogP contribution in [0.25, 0.3) is 43.5 Å². The Labute approximate surface area is 303 Å². The van der Waals surface area contributed by atoms with Gasteiger partial charge in [-0.25, -0.2) is 0 Å². The van der Waals surface area contributed by atoms with Crippen LogP contribution in [0.2, 0.25) is 0 Å². The molecule has 3 atom stereocenters. The Morgan fingerprint density at radius 3 is 2.52 bits per heavy atom. The molecule has 3 aliphatic carbocycles. The van der Waals surface area contributed by atoms with Crippen molar-refractivity contribution in [2.24, 2.45) is 0 Å². The Bertz CT molecular complexity index is 2660. The molecule has 238 valence electrons. The van der Waals surface area contributed by atoms with E-state index in [1.165, 1.54) is 79.9 Å². The van der Waals surface area contributed by atoms with Gasteiger partial charge in [0.05, 0.1) is 6.04 Å². The van der Waals surface area contributed by atoms with E-state index in [-0.39, 0.29) is 6.04 Å². The molecule has 0 fully saturated rings. The summed E-state index contributed by atoms with van der Waals surface area (Å²) in [7, 11) is 0.726. The van der Waals surface area contributed by atoms with Crippen LogP contribution in [-0.2, 0) is 0 Å². The summed E-state index contributed by atoms with van der Waals surface area (Å²) in [4.78, 5) is 4.09. The van der Waals surface area contributed by atoms with Crippen molar-refractivity contribution < 1.29 is 0 Å². The molecule has 50 heavy (non-hydrogen) atoms. The van der Waals surface area contributed by atoms with E-state index in [1.54, 1.807) is 5.20 Å². The lowest BCUT2D eigenvalue weighted by Crippen LogP contribution is -2.36. The Morgan fingerprint density at radius 2 is 1.58 bits per heavy atom. The Hall–Kier alpha value is -4.61. The molecule has 1 nitrogen and oxygen atoms in total. The van der Waals surface area contributed by atoms with Crippen molar-refractivity contribution >= 4 is 87.0 Å². The molecule has 5 aliphatic rings. The maximum Gasteiger partial charge on any atom is 0.117 e. The van der Waals surface area contributed by atoms with Crippen LogP contribution in [0.1, 0.15) is 41.9 Å². The lowest BCUT2D eigenvalue weighted by atomic mass is 9.89. The first kappa shape index (κ1) is 29.1. The van der Waals surface area contributed by atoms with Crippen molar-refractivity contribution in [3.63, 3.8) is 0 Å².